The lowest BCUT2D eigenvalue weighted by Gasteiger charge is -2.12. The third-order valence-electron chi connectivity index (χ3n) is 5.02. The van der Waals surface area contributed by atoms with Gasteiger partial charge in [0.05, 0.1) is 42.0 Å². The van der Waals surface area contributed by atoms with Crippen LogP contribution >= 0.6 is 11.6 Å². The summed E-state index contributed by atoms with van der Waals surface area (Å²) in [5, 5.41) is 7.62. The zero-order valence-corrected chi connectivity index (χ0v) is 19.3. The Hall–Kier alpha value is -4.25. The van der Waals surface area contributed by atoms with E-state index in [2.05, 4.69) is 20.4 Å². The molecule has 1 aliphatic rings. The molecule has 0 saturated heterocycles. The van der Waals surface area contributed by atoms with Gasteiger partial charge in [0.2, 0.25) is 18.6 Å². The topological polar surface area (TPSA) is 119 Å². The minimum absolute atomic E-state index is 0.0357. The Morgan fingerprint density at radius 2 is 2.14 bits per heavy atom. The first-order valence-electron chi connectivity index (χ1n) is 10.5. The molecule has 12 heteroatoms. The number of anilines is 1. The van der Waals surface area contributed by atoms with Gasteiger partial charge in [0.15, 0.2) is 28.7 Å². The van der Waals surface area contributed by atoms with Crippen molar-refractivity contribution in [1.29, 1.82) is 0 Å². The van der Waals surface area contributed by atoms with E-state index in [1.165, 1.54) is 17.2 Å². The lowest BCUT2D eigenvalue weighted by Crippen LogP contribution is -2.19. The van der Waals surface area contributed by atoms with Crippen molar-refractivity contribution in [2.45, 2.75) is 6.54 Å². The van der Waals surface area contributed by atoms with E-state index in [4.69, 9.17) is 35.3 Å². The van der Waals surface area contributed by atoms with Crippen LogP contribution in [-0.2, 0) is 11.3 Å². The van der Waals surface area contributed by atoms with Crippen LogP contribution in [0.5, 0.6) is 34.6 Å². The molecule has 4 aromatic rings. The van der Waals surface area contributed by atoms with E-state index in [1.54, 1.807) is 43.6 Å². The van der Waals surface area contributed by atoms with Gasteiger partial charge in [0.25, 0.3) is 0 Å². The third-order valence-corrected chi connectivity index (χ3v) is 5.17. The Morgan fingerprint density at radius 3 is 3.00 bits per heavy atom. The summed E-state index contributed by atoms with van der Waals surface area (Å²) in [7, 11) is 1.55. The lowest BCUT2D eigenvalue weighted by molar-refractivity contribution is -0.116. The van der Waals surface area contributed by atoms with Crippen molar-refractivity contribution in [2.24, 2.45) is 0 Å². The van der Waals surface area contributed by atoms with Gasteiger partial charge in [0.1, 0.15) is 19.5 Å². The van der Waals surface area contributed by atoms with Crippen LogP contribution in [0.2, 0.25) is 0 Å². The van der Waals surface area contributed by atoms with Crippen LogP contribution < -0.4 is 29.0 Å². The molecule has 3 heterocycles. The normalized spacial score (nSPS) is 11.9. The predicted octanol–water partition coefficient (Wildman–Crippen LogP) is 3.61. The summed E-state index contributed by atoms with van der Waals surface area (Å²) in [6.07, 6.45) is 4.47. The molecule has 0 unspecified atom stereocenters. The molecule has 1 N–H and O–H groups in total. The maximum absolute atomic E-state index is 12.5. The fourth-order valence-electron chi connectivity index (χ4n) is 3.50. The molecule has 35 heavy (non-hydrogen) atoms. The fourth-order valence-corrected chi connectivity index (χ4v) is 3.58. The number of alkyl halides is 1. The maximum Gasteiger partial charge on any atom is 0.246 e. The van der Waals surface area contributed by atoms with Crippen LogP contribution in [0.1, 0.15) is 0 Å². The van der Waals surface area contributed by atoms with Crippen LogP contribution in [0, 0.1) is 0 Å². The largest absolute Gasteiger partial charge is 0.493 e. The summed E-state index contributed by atoms with van der Waals surface area (Å²) in [6.45, 7) is 0.395. The van der Waals surface area contributed by atoms with E-state index in [-0.39, 0.29) is 19.2 Å². The Labute approximate surface area is 204 Å². The summed E-state index contributed by atoms with van der Waals surface area (Å²) in [4.78, 5) is 21.1. The number of carbonyl (C=O) groups excluding carboxylic acids is 1. The van der Waals surface area contributed by atoms with Crippen molar-refractivity contribution in [1.82, 2.24) is 19.7 Å². The van der Waals surface area contributed by atoms with Crippen LogP contribution in [0.25, 0.3) is 10.9 Å². The van der Waals surface area contributed by atoms with Crippen molar-refractivity contribution in [3.63, 3.8) is 0 Å². The number of benzene rings is 2. The smallest absolute Gasteiger partial charge is 0.246 e. The highest BCUT2D eigenvalue weighted by molar-refractivity contribution is 6.18. The van der Waals surface area contributed by atoms with Crippen molar-refractivity contribution >= 4 is 34.1 Å². The molecule has 1 aliphatic heterocycles. The molecule has 2 aromatic carbocycles. The molecule has 0 aliphatic carbocycles. The molecule has 0 fully saturated rings. The summed E-state index contributed by atoms with van der Waals surface area (Å²) in [5.41, 5.74) is 1.14. The molecule has 1 amide bonds. The van der Waals surface area contributed by atoms with Gasteiger partial charge in [-0.05, 0) is 18.2 Å². The highest BCUT2D eigenvalue weighted by Gasteiger charge is 2.19. The monoisotopic (exact) mass is 497 g/mol. The number of nitrogens with zero attached hydrogens (tertiary/aromatic N) is 4. The zero-order valence-electron chi connectivity index (χ0n) is 18.6. The number of rotatable bonds is 9. The lowest BCUT2D eigenvalue weighted by atomic mass is 10.2. The standard InChI is InChI=1S/C23H20ClN5O6/c1-31-19-8-17-15(7-20(19)32-6-5-24)23(26-12-25-17)35-14-9-27-29(10-14)11-21(30)28-16-3-2-4-18-22(16)34-13-33-18/h2-4,7-10,12H,5-6,11,13H2,1H3,(H,28,30). The molecule has 11 nitrogen and oxygen atoms in total. The van der Waals surface area contributed by atoms with Gasteiger partial charge in [-0.2, -0.15) is 5.10 Å². The first-order chi connectivity index (χ1) is 17.1. The summed E-state index contributed by atoms with van der Waals surface area (Å²) < 4.78 is 29.2. The Kier molecular flexibility index (Phi) is 6.40. The third kappa shape index (κ3) is 4.85. The average Bonchev–Trinajstić information content (AvgIpc) is 3.52. The highest BCUT2D eigenvalue weighted by Crippen LogP contribution is 2.39. The van der Waals surface area contributed by atoms with E-state index >= 15 is 0 Å². The van der Waals surface area contributed by atoms with Gasteiger partial charge < -0.3 is 29.0 Å². The first-order valence-corrected chi connectivity index (χ1v) is 11.1. The van der Waals surface area contributed by atoms with Gasteiger partial charge >= 0.3 is 0 Å². The van der Waals surface area contributed by atoms with E-state index < -0.39 is 0 Å². The predicted molar refractivity (Wildman–Crippen MR) is 126 cm³/mol. The Morgan fingerprint density at radius 1 is 1.23 bits per heavy atom. The number of methoxy groups -OCH3 is 1. The van der Waals surface area contributed by atoms with Crippen LogP contribution in [0.4, 0.5) is 5.69 Å². The number of amides is 1. The van der Waals surface area contributed by atoms with E-state index in [1.807, 2.05) is 0 Å². The second kappa shape index (κ2) is 9.94. The second-order valence-corrected chi connectivity index (χ2v) is 7.68. The highest BCUT2D eigenvalue weighted by atomic mass is 35.5. The number of halogens is 1. The minimum Gasteiger partial charge on any atom is -0.493 e. The zero-order chi connectivity index (χ0) is 24.2. The number of nitrogens with one attached hydrogen (secondary N) is 1. The van der Waals surface area contributed by atoms with Crippen molar-refractivity contribution < 1.29 is 28.5 Å². The molecule has 0 bridgehead atoms. The molecule has 2 aromatic heterocycles. The second-order valence-electron chi connectivity index (χ2n) is 7.30. The van der Waals surface area contributed by atoms with Gasteiger partial charge in [-0.15, -0.1) is 11.6 Å². The van der Waals surface area contributed by atoms with Gasteiger partial charge in [0, 0.05) is 6.07 Å². The number of para-hydroxylation sites is 1. The van der Waals surface area contributed by atoms with Crippen LogP contribution in [0.15, 0.2) is 49.1 Å². The minimum atomic E-state index is -0.288. The van der Waals surface area contributed by atoms with Gasteiger partial charge in [-0.25, -0.2) is 9.97 Å². The SMILES string of the molecule is COc1cc2ncnc(Oc3cnn(CC(=O)Nc4cccc5c4OCO5)c3)c2cc1OCCCl. The van der Waals surface area contributed by atoms with Crippen molar-refractivity contribution in [3.05, 3.63) is 49.1 Å². The summed E-state index contributed by atoms with van der Waals surface area (Å²) >= 11 is 5.75. The molecule has 0 spiro atoms. The number of hydrogen-bond donors (Lipinski definition) is 1. The Bertz CT molecular complexity index is 1380. The molecular formula is C23H20ClN5O6. The van der Waals surface area contributed by atoms with E-state index in [0.717, 1.165) is 0 Å². The quantitative estimate of drug-likeness (QED) is 0.346. The van der Waals surface area contributed by atoms with Crippen molar-refractivity contribution in [3.8, 4) is 34.6 Å². The summed E-state index contributed by atoms with van der Waals surface area (Å²) in [6, 6.07) is 8.75. The number of aromatic nitrogens is 4. The molecule has 0 radical (unpaired) electrons. The van der Waals surface area contributed by atoms with Crippen molar-refractivity contribution in [2.75, 3.05) is 31.7 Å². The van der Waals surface area contributed by atoms with Crippen LogP contribution in [0.3, 0.4) is 0 Å². The maximum atomic E-state index is 12.5. The van der Waals surface area contributed by atoms with Gasteiger partial charge in [-0.1, -0.05) is 6.07 Å². The van der Waals surface area contributed by atoms with E-state index in [9.17, 15) is 4.79 Å². The molecular weight excluding hydrogens is 478 g/mol. The molecule has 5 rings (SSSR count). The summed E-state index contributed by atoms with van der Waals surface area (Å²) in [5.74, 6) is 2.85. The fraction of sp³-hybridized carbons (Fsp3) is 0.217. The molecule has 0 saturated carbocycles. The van der Waals surface area contributed by atoms with Crippen LogP contribution in [-0.4, -0.2) is 52.0 Å². The molecule has 180 valence electrons. The molecule has 0 atom stereocenters. The Balaban J connectivity index is 1.31. The number of ether oxygens (including phenoxy) is 5. The number of fused-ring (bicyclic) bond motifs is 2. The number of hydrogen-bond acceptors (Lipinski definition) is 9. The first kappa shape index (κ1) is 22.5. The number of carbonyl (C=O) groups is 1. The van der Waals surface area contributed by atoms with Gasteiger partial charge in [-0.3, -0.25) is 9.48 Å². The average molecular weight is 498 g/mol. The van der Waals surface area contributed by atoms with E-state index in [0.29, 0.717) is 63.7 Å².